The van der Waals surface area contributed by atoms with Crippen LogP contribution in [0.15, 0.2) is 431 Å². The van der Waals surface area contributed by atoms with Crippen molar-refractivity contribution in [1.82, 2.24) is 4.90 Å². The van der Waals surface area contributed by atoms with Gasteiger partial charge in [-0.05, 0) is 276 Å². The number of hydrogen-bond acceptors (Lipinski definition) is 3. The minimum Gasteiger partial charge on any atom is -1.00 e. The SMILES string of the molecule is CN(C)Cc1cccc(-c2ccc3c(-c4cccc(-c5ccccc5)c4)cccc3c2)c1.CN(C)c1cccc(-c2ccc3c(-c4ccc(F)cc4)cccc3c2)c1.C[N+](C)(C)Cc1cccc(-c2ccc3c(-c4cccc(-c5ccccc5)c4)cccc3c2)c1.NCc1cccc(-c2ccc3c(-c4cccc(-c5ccccc5)c4)cccc3c2)c1.[I-]. The zero-order valence-corrected chi connectivity index (χ0v) is 72.4. The first-order chi connectivity index (χ1) is 59.1. The van der Waals surface area contributed by atoms with Crippen LogP contribution in [-0.4, -0.2) is 58.7 Å². The molecule has 0 aliphatic carbocycles. The molecule has 0 aliphatic rings. The fourth-order valence-corrected chi connectivity index (χ4v) is 16.4. The third-order valence-corrected chi connectivity index (χ3v) is 22.4. The van der Waals surface area contributed by atoms with Crippen LogP contribution in [0.3, 0.4) is 0 Å². The minimum absolute atomic E-state index is 0. The van der Waals surface area contributed by atoms with Gasteiger partial charge in [0.25, 0.3) is 0 Å². The van der Waals surface area contributed by atoms with Crippen LogP contribution < -0.4 is 34.6 Å². The molecule has 0 fully saturated rings. The molecule has 0 bridgehead atoms. The van der Waals surface area contributed by atoms with Crippen LogP contribution in [0, 0.1) is 5.82 Å². The molecule has 0 amide bonds. The summed E-state index contributed by atoms with van der Waals surface area (Å²) in [4.78, 5) is 4.31. The predicted octanol–water partition coefficient (Wildman–Crippen LogP) is 26.6. The molecule has 0 aliphatic heterocycles. The Morgan fingerprint density at radius 3 is 0.861 bits per heavy atom. The number of benzene rings is 19. The lowest BCUT2D eigenvalue weighted by molar-refractivity contribution is -0.884. The lowest BCUT2D eigenvalue weighted by atomic mass is 9.93. The van der Waals surface area contributed by atoms with E-state index in [0.717, 1.165) is 34.3 Å². The second kappa shape index (κ2) is 38.7. The van der Waals surface area contributed by atoms with Crippen molar-refractivity contribution in [3.8, 4) is 122 Å². The highest BCUT2D eigenvalue weighted by molar-refractivity contribution is 6.03. The van der Waals surface area contributed by atoms with E-state index < -0.39 is 0 Å². The summed E-state index contributed by atoms with van der Waals surface area (Å²) in [5.74, 6) is -0.211. The summed E-state index contributed by atoms with van der Waals surface area (Å²) < 4.78 is 14.2. The Morgan fingerprint density at radius 1 is 0.238 bits per heavy atom. The van der Waals surface area contributed by atoms with Crippen LogP contribution in [0.25, 0.3) is 165 Å². The second-order valence-corrected chi connectivity index (χ2v) is 32.7. The molecule has 0 spiro atoms. The Balaban J connectivity index is 0.000000126. The van der Waals surface area contributed by atoms with E-state index in [9.17, 15) is 4.39 Å². The van der Waals surface area contributed by atoms with Crippen LogP contribution in [0.1, 0.15) is 16.7 Å². The van der Waals surface area contributed by atoms with Crippen LogP contribution in [-0.2, 0) is 19.6 Å². The molecule has 19 aromatic carbocycles. The molecule has 0 aromatic heterocycles. The van der Waals surface area contributed by atoms with Gasteiger partial charge in [0, 0.05) is 38.4 Å². The summed E-state index contributed by atoms with van der Waals surface area (Å²) in [6.07, 6.45) is 0. The van der Waals surface area contributed by atoms with Crippen molar-refractivity contribution in [2.24, 2.45) is 5.73 Å². The van der Waals surface area contributed by atoms with Gasteiger partial charge in [0.1, 0.15) is 12.4 Å². The molecule has 122 heavy (non-hydrogen) atoms. The Hall–Kier alpha value is -13.4. The van der Waals surface area contributed by atoms with Crippen molar-refractivity contribution < 1.29 is 32.9 Å². The van der Waals surface area contributed by atoms with Crippen molar-refractivity contribution in [3.63, 3.8) is 0 Å². The number of halogens is 2. The van der Waals surface area contributed by atoms with E-state index in [1.165, 1.54) is 183 Å². The van der Waals surface area contributed by atoms with Crippen molar-refractivity contribution in [1.29, 1.82) is 0 Å². The Labute approximate surface area is 736 Å². The maximum atomic E-state index is 13.2. The maximum absolute atomic E-state index is 13.2. The zero-order valence-electron chi connectivity index (χ0n) is 70.3. The summed E-state index contributed by atoms with van der Waals surface area (Å²) >= 11 is 0. The van der Waals surface area contributed by atoms with Gasteiger partial charge in [-0.2, -0.15) is 0 Å². The fraction of sp³-hybridized carbons (Fsp3) is 0.0862. The fourth-order valence-electron chi connectivity index (χ4n) is 16.4. The Kier molecular flexibility index (Phi) is 26.5. The van der Waals surface area contributed by atoms with Gasteiger partial charge in [0.15, 0.2) is 0 Å². The van der Waals surface area contributed by atoms with Crippen LogP contribution in [0.4, 0.5) is 10.1 Å². The van der Waals surface area contributed by atoms with Crippen LogP contribution in [0.2, 0.25) is 0 Å². The zero-order chi connectivity index (χ0) is 83.2. The molecule has 0 atom stereocenters. The van der Waals surface area contributed by atoms with Crippen molar-refractivity contribution in [2.75, 3.05) is 54.2 Å². The molecule has 0 radical (unpaired) electrons. The van der Waals surface area contributed by atoms with Crippen molar-refractivity contribution >= 4 is 48.8 Å². The smallest absolute Gasteiger partial charge is 0.123 e. The third-order valence-electron chi connectivity index (χ3n) is 22.4. The first kappa shape index (κ1) is 83.6. The summed E-state index contributed by atoms with van der Waals surface area (Å²) in [5.41, 5.74) is 37.9. The number of quaternary nitrogens is 1. The highest BCUT2D eigenvalue weighted by Crippen LogP contribution is 2.40. The maximum Gasteiger partial charge on any atom is 0.123 e. The second-order valence-electron chi connectivity index (χ2n) is 32.7. The van der Waals surface area contributed by atoms with Crippen molar-refractivity contribution in [3.05, 3.63) is 453 Å². The van der Waals surface area contributed by atoms with E-state index in [0.29, 0.717) is 6.54 Å². The average Bonchev–Trinajstić information content (AvgIpc) is 0.798. The van der Waals surface area contributed by atoms with E-state index >= 15 is 0 Å². The quantitative estimate of drug-likeness (QED) is 0.0728. The molecule has 6 heteroatoms. The standard InChI is InChI=1S/C32H30N.C31H27N.C29H23N.C24H20FN.HI/c1-33(2,3)23-24-10-7-13-26(20-24)28-18-19-32-30(22-28)16-9-17-31(32)29-15-8-14-27(21-29)25-11-5-4-6-12-25;1-32(2)22-23-9-6-12-25(19-23)27-17-18-31-29(21-27)15-8-16-30(31)28-14-7-13-26(20-28)24-10-4-3-5-11-24;30-20-21-7-4-10-23(17-21)25-15-16-29-27(19-25)13-6-14-28(29)26-12-5-11-24(18-26)22-8-2-1-3-9-22;1-26(2)22-7-3-5-18(16-22)19-11-14-24-20(15-19)6-4-8-23(24)17-9-12-21(25)13-10-17;/h4-22H,23H2,1-3H3;3-21H,22H2,1-2H3;1-19H,20,30H2;3-16H,1-2H3;1H/q+1;;;;/p-1. The number of rotatable bonds is 17. The summed E-state index contributed by atoms with van der Waals surface area (Å²) in [6.45, 7) is 2.52. The molecule has 0 saturated carbocycles. The Morgan fingerprint density at radius 2 is 0.508 bits per heavy atom. The normalized spacial score (nSPS) is 11.1. The average molecular weight is 1700 g/mol. The van der Waals surface area contributed by atoms with E-state index in [2.05, 4.69) is 466 Å². The van der Waals surface area contributed by atoms with Crippen molar-refractivity contribution in [2.45, 2.75) is 19.6 Å². The van der Waals surface area contributed by atoms with Gasteiger partial charge in [-0.1, -0.05) is 346 Å². The van der Waals surface area contributed by atoms with Gasteiger partial charge in [0.05, 0.1) is 21.1 Å². The minimum atomic E-state index is -0.211. The summed E-state index contributed by atoms with van der Waals surface area (Å²) in [7, 11) is 15.0. The molecular weight excluding hydrogens is 1600 g/mol. The number of anilines is 1. The molecule has 19 rings (SSSR count). The molecule has 2 N–H and O–H groups in total. The number of nitrogens with zero attached hydrogens (tertiary/aromatic N) is 3. The van der Waals surface area contributed by atoms with E-state index in [4.69, 9.17) is 5.73 Å². The van der Waals surface area contributed by atoms with Gasteiger partial charge in [0.2, 0.25) is 0 Å². The molecule has 0 heterocycles. The number of hydrogen-bond donors (Lipinski definition) is 1. The summed E-state index contributed by atoms with van der Waals surface area (Å²) in [6, 6.07) is 153. The van der Waals surface area contributed by atoms with Gasteiger partial charge in [-0.15, -0.1) is 0 Å². The first-order valence-corrected chi connectivity index (χ1v) is 41.6. The van der Waals surface area contributed by atoms with Crippen LogP contribution >= 0.6 is 0 Å². The summed E-state index contributed by atoms with van der Waals surface area (Å²) in [5, 5.41) is 9.97. The molecule has 19 aromatic rings. The van der Waals surface area contributed by atoms with Gasteiger partial charge in [-0.3, -0.25) is 0 Å². The van der Waals surface area contributed by atoms with Gasteiger partial charge < -0.3 is 44.0 Å². The van der Waals surface area contributed by atoms with E-state index in [-0.39, 0.29) is 29.8 Å². The lowest BCUT2D eigenvalue weighted by Gasteiger charge is -2.24. The highest BCUT2D eigenvalue weighted by atomic mass is 127. The molecular formula is C116H100FIN4. The number of nitrogens with two attached hydrogens (primary N) is 1. The van der Waals surface area contributed by atoms with Crippen LogP contribution in [0.5, 0.6) is 0 Å². The van der Waals surface area contributed by atoms with Gasteiger partial charge in [-0.25, -0.2) is 4.39 Å². The molecule has 0 saturated heterocycles. The molecule has 0 unspecified atom stereocenters. The molecule has 4 nitrogen and oxygen atoms in total. The van der Waals surface area contributed by atoms with Gasteiger partial charge >= 0.3 is 0 Å². The monoisotopic (exact) mass is 1690 g/mol. The molecule has 598 valence electrons. The van der Waals surface area contributed by atoms with E-state index in [1.807, 2.05) is 12.1 Å². The number of fused-ring (bicyclic) bond motifs is 4. The predicted molar refractivity (Wildman–Crippen MR) is 517 cm³/mol. The largest absolute Gasteiger partial charge is 1.00 e. The lowest BCUT2D eigenvalue weighted by Crippen LogP contribution is -3.00. The highest BCUT2D eigenvalue weighted by Gasteiger charge is 2.16. The topological polar surface area (TPSA) is 32.5 Å². The van der Waals surface area contributed by atoms with E-state index in [1.54, 1.807) is 0 Å². The Bertz CT molecular complexity index is 6810. The first-order valence-electron chi connectivity index (χ1n) is 41.6. The third kappa shape index (κ3) is 20.3.